The number of nitrogens with zero attached hydrogens (tertiary/aromatic N) is 2. The summed E-state index contributed by atoms with van der Waals surface area (Å²) in [6.07, 6.45) is -0.871. The summed E-state index contributed by atoms with van der Waals surface area (Å²) in [5.41, 5.74) is 0.591. The van der Waals surface area contributed by atoms with Gasteiger partial charge in [-0.15, -0.1) is 0 Å². The first kappa shape index (κ1) is 16.1. The van der Waals surface area contributed by atoms with E-state index in [4.69, 9.17) is 18.7 Å². The van der Waals surface area contributed by atoms with Gasteiger partial charge in [-0.05, 0) is 36.4 Å². The number of hydrogen-bond donors (Lipinski definition) is 0. The van der Waals surface area contributed by atoms with Crippen LogP contribution in [0.5, 0.6) is 11.5 Å². The van der Waals surface area contributed by atoms with Crippen molar-refractivity contribution < 1.29 is 27.9 Å². The van der Waals surface area contributed by atoms with Crippen LogP contribution in [0.25, 0.3) is 11.4 Å². The van der Waals surface area contributed by atoms with Crippen LogP contribution in [-0.4, -0.2) is 28.8 Å². The molecular formula is C18H13FN2O5. The Morgan fingerprint density at radius 3 is 2.73 bits per heavy atom. The number of fused-ring (bicyclic) bond motifs is 1. The lowest BCUT2D eigenvalue weighted by molar-refractivity contribution is -0.156. The number of benzene rings is 2. The van der Waals surface area contributed by atoms with E-state index in [0.29, 0.717) is 17.1 Å². The number of aromatic nitrogens is 2. The van der Waals surface area contributed by atoms with Crippen LogP contribution < -0.4 is 9.47 Å². The van der Waals surface area contributed by atoms with Crippen LogP contribution in [0.1, 0.15) is 5.89 Å². The summed E-state index contributed by atoms with van der Waals surface area (Å²) in [7, 11) is 0. The van der Waals surface area contributed by atoms with Crippen LogP contribution in [-0.2, 0) is 16.1 Å². The number of ether oxygens (including phenoxy) is 3. The molecule has 0 unspecified atom stereocenters. The minimum Gasteiger partial charge on any atom is -0.485 e. The maximum absolute atomic E-state index is 12.9. The quantitative estimate of drug-likeness (QED) is 0.665. The normalized spacial score (nSPS) is 15.5. The van der Waals surface area contributed by atoms with Gasteiger partial charge >= 0.3 is 5.97 Å². The third-order valence-corrected chi connectivity index (χ3v) is 3.68. The predicted octanol–water partition coefficient (Wildman–Crippen LogP) is 2.76. The molecule has 0 bridgehead atoms. The van der Waals surface area contributed by atoms with E-state index in [2.05, 4.69) is 10.1 Å². The third-order valence-electron chi connectivity index (χ3n) is 3.68. The van der Waals surface area contributed by atoms with Gasteiger partial charge in [0.05, 0.1) is 0 Å². The summed E-state index contributed by atoms with van der Waals surface area (Å²) in [6, 6.07) is 12.7. The van der Waals surface area contributed by atoms with Gasteiger partial charge in [-0.1, -0.05) is 17.3 Å². The molecule has 1 aromatic heterocycles. The second-order valence-electron chi connectivity index (χ2n) is 5.49. The number of carbonyl (C=O) groups excluding carboxylic acids is 1. The van der Waals surface area contributed by atoms with Crippen molar-refractivity contribution in [1.82, 2.24) is 10.1 Å². The Morgan fingerprint density at radius 2 is 1.92 bits per heavy atom. The number of rotatable bonds is 4. The monoisotopic (exact) mass is 356 g/mol. The number of para-hydroxylation sites is 2. The lowest BCUT2D eigenvalue weighted by Gasteiger charge is -2.24. The molecule has 132 valence electrons. The highest BCUT2D eigenvalue weighted by atomic mass is 19.1. The fourth-order valence-electron chi connectivity index (χ4n) is 2.39. The van der Waals surface area contributed by atoms with Crippen LogP contribution >= 0.6 is 0 Å². The summed E-state index contributed by atoms with van der Waals surface area (Å²) >= 11 is 0. The SMILES string of the molecule is O=C(OCc1nc(-c2ccc(F)cc2)no1)[C@H]1COc2ccccc2O1. The number of carbonyl (C=O) groups is 1. The van der Waals surface area contributed by atoms with Crippen LogP contribution in [0.2, 0.25) is 0 Å². The molecule has 26 heavy (non-hydrogen) atoms. The van der Waals surface area contributed by atoms with Crippen LogP contribution in [0.4, 0.5) is 4.39 Å². The summed E-state index contributed by atoms with van der Waals surface area (Å²) in [6.45, 7) is -0.144. The van der Waals surface area contributed by atoms with Gasteiger partial charge < -0.3 is 18.7 Å². The summed E-state index contributed by atoms with van der Waals surface area (Å²) < 4.78 is 34.2. The van der Waals surface area contributed by atoms with E-state index in [-0.39, 0.29) is 30.7 Å². The van der Waals surface area contributed by atoms with Gasteiger partial charge in [0.15, 0.2) is 18.1 Å². The van der Waals surface area contributed by atoms with Crippen molar-refractivity contribution in [3.63, 3.8) is 0 Å². The molecule has 0 fully saturated rings. The van der Waals surface area contributed by atoms with E-state index >= 15 is 0 Å². The first-order valence-corrected chi connectivity index (χ1v) is 7.83. The molecule has 1 aliphatic rings. The maximum Gasteiger partial charge on any atom is 0.351 e. The zero-order chi connectivity index (χ0) is 17.9. The van der Waals surface area contributed by atoms with Gasteiger partial charge in [-0.2, -0.15) is 4.98 Å². The second kappa shape index (κ2) is 6.83. The van der Waals surface area contributed by atoms with Gasteiger partial charge in [0, 0.05) is 5.56 Å². The fourth-order valence-corrected chi connectivity index (χ4v) is 2.39. The van der Waals surface area contributed by atoms with E-state index in [1.807, 2.05) is 6.07 Å². The van der Waals surface area contributed by atoms with Crippen molar-refractivity contribution in [2.45, 2.75) is 12.7 Å². The highest BCUT2D eigenvalue weighted by Crippen LogP contribution is 2.31. The number of esters is 1. The van der Waals surface area contributed by atoms with E-state index in [0.717, 1.165) is 0 Å². The van der Waals surface area contributed by atoms with Gasteiger partial charge in [-0.25, -0.2) is 9.18 Å². The molecule has 0 saturated heterocycles. The van der Waals surface area contributed by atoms with Crippen molar-refractivity contribution in [2.24, 2.45) is 0 Å². The lowest BCUT2D eigenvalue weighted by Crippen LogP contribution is -2.37. The Morgan fingerprint density at radius 1 is 1.15 bits per heavy atom. The van der Waals surface area contributed by atoms with Crippen molar-refractivity contribution in [2.75, 3.05) is 6.61 Å². The highest BCUT2D eigenvalue weighted by molar-refractivity contribution is 5.76. The minimum atomic E-state index is -0.871. The van der Waals surface area contributed by atoms with Gasteiger partial charge in [0.1, 0.15) is 12.4 Å². The Bertz CT molecular complexity index is 925. The molecule has 0 saturated carbocycles. The highest BCUT2D eigenvalue weighted by Gasteiger charge is 2.29. The Balaban J connectivity index is 1.36. The summed E-state index contributed by atoms with van der Waals surface area (Å²) in [5, 5.41) is 3.78. The first-order valence-electron chi connectivity index (χ1n) is 7.83. The van der Waals surface area contributed by atoms with Crippen LogP contribution in [0, 0.1) is 5.82 Å². The molecule has 8 heteroatoms. The lowest BCUT2D eigenvalue weighted by atomic mass is 10.2. The van der Waals surface area contributed by atoms with Crippen molar-refractivity contribution in [1.29, 1.82) is 0 Å². The average molecular weight is 356 g/mol. The Kier molecular flexibility index (Phi) is 4.22. The molecule has 3 aromatic rings. The van der Waals surface area contributed by atoms with Crippen molar-refractivity contribution in [3.8, 4) is 22.9 Å². The molecule has 0 amide bonds. The third kappa shape index (κ3) is 3.34. The molecule has 2 aromatic carbocycles. The molecule has 0 N–H and O–H groups in total. The average Bonchev–Trinajstić information content (AvgIpc) is 3.15. The van der Waals surface area contributed by atoms with Gasteiger partial charge in [0.2, 0.25) is 11.9 Å². The summed E-state index contributed by atoms with van der Waals surface area (Å²) in [5.74, 6) is 0.509. The molecule has 0 spiro atoms. The predicted molar refractivity (Wildman–Crippen MR) is 85.8 cm³/mol. The second-order valence-corrected chi connectivity index (χ2v) is 5.49. The molecule has 4 rings (SSSR count). The zero-order valence-electron chi connectivity index (χ0n) is 13.4. The van der Waals surface area contributed by atoms with Crippen molar-refractivity contribution in [3.05, 3.63) is 60.2 Å². The van der Waals surface area contributed by atoms with Gasteiger partial charge in [0.25, 0.3) is 5.89 Å². The molecule has 1 aliphatic heterocycles. The Labute approximate surface area is 147 Å². The molecule has 2 heterocycles. The standard InChI is InChI=1S/C18H13FN2O5/c19-12-7-5-11(6-8-12)17-20-16(26-21-17)10-24-18(22)15-9-23-13-3-1-2-4-14(13)25-15/h1-8,15H,9-10H2/t15-/m1/s1. The molecule has 0 radical (unpaired) electrons. The molecular weight excluding hydrogens is 343 g/mol. The van der Waals surface area contributed by atoms with Crippen LogP contribution in [0.15, 0.2) is 53.1 Å². The van der Waals surface area contributed by atoms with Crippen molar-refractivity contribution >= 4 is 5.97 Å². The van der Waals surface area contributed by atoms with Crippen LogP contribution in [0.3, 0.4) is 0 Å². The Hall–Kier alpha value is -3.42. The first-order chi connectivity index (χ1) is 12.7. The molecule has 1 atom stereocenters. The van der Waals surface area contributed by atoms with E-state index < -0.39 is 12.1 Å². The summed E-state index contributed by atoms with van der Waals surface area (Å²) in [4.78, 5) is 16.3. The molecule has 7 nitrogen and oxygen atoms in total. The van der Waals surface area contributed by atoms with E-state index in [1.54, 1.807) is 18.2 Å². The maximum atomic E-state index is 12.9. The van der Waals surface area contributed by atoms with E-state index in [9.17, 15) is 9.18 Å². The topological polar surface area (TPSA) is 83.7 Å². The molecule has 0 aliphatic carbocycles. The minimum absolute atomic E-state index is 0.0561. The zero-order valence-corrected chi connectivity index (χ0v) is 13.4. The smallest absolute Gasteiger partial charge is 0.351 e. The van der Waals surface area contributed by atoms with E-state index in [1.165, 1.54) is 24.3 Å². The fraction of sp³-hybridized carbons (Fsp3) is 0.167. The largest absolute Gasteiger partial charge is 0.485 e. The number of halogens is 1. The number of hydrogen-bond acceptors (Lipinski definition) is 7. The van der Waals surface area contributed by atoms with Gasteiger partial charge in [-0.3, -0.25) is 0 Å².